The summed E-state index contributed by atoms with van der Waals surface area (Å²) in [4.78, 5) is 31.9. The van der Waals surface area contributed by atoms with Crippen molar-refractivity contribution in [2.75, 3.05) is 66.0 Å². The summed E-state index contributed by atoms with van der Waals surface area (Å²) in [5, 5.41) is 3.00. The summed E-state index contributed by atoms with van der Waals surface area (Å²) in [7, 11) is 2.13. The quantitative estimate of drug-likeness (QED) is 0.546. The van der Waals surface area contributed by atoms with Crippen LogP contribution in [0.2, 0.25) is 0 Å². The number of benzene rings is 2. The molecular weight excluding hydrogens is 533 g/mol. The van der Waals surface area contributed by atoms with Crippen LogP contribution in [0.4, 0.5) is 13.2 Å². The minimum Gasteiger partial charge on any atom is -0.492 e. The van der Waals surface area contributed by atoms with E-state index in [9.17, 15) is 22.8 Å². The normalized spacial score (nSPS) is 22.8. The molecule has 2 aromatic rings. The van der Waals surface area contributed by atoms with E-state index in [0.29, 0.717) is 26.0 Å². The van der Waals surface area contributed by atoms with Gasteiger partial charge in [-0.25, -0.2) is 0 Å². The summed E-state index contributed by atoms with van der Waals surface area (Å²) >= 11 is 0. The first-order valence-corrected chi connectivity index (χ1v) is 14.5. The monoisotopic (exact) mass is 572 g/mol. The number of para-hydroxylation sites is 1. The molecular formula is C31H39F3N4O3. The van der Waals surface area contributed by atoms with Crippen LogP contribution in [0, 0.1) is 5.41 Å². The molecule has 3 saturated heterocycles. The molecule has 2 aromatic carbocycles. The van der Waals surface area contributed by atoms with Crippen LogP contribution in [0.15, 0.2) is 54.6 Å². The van der Waals surface area contributed by atoms with Crippen molar-refractivity contribution in [3.05, 3.63) is 65.7 Å². The molecule has 7 nitrogen and oxygen atoms in total. The summed E-state index contributed by atoms with van der Waals surface area (Å²) in [6, 6.07) is 15.2. The van der Waals surface area contributed by atoms with Crippen molar-refractivity contribution in [1.29, 1.82) is 0 Å². The number of hydrogen-bond acceptors (Lipinski definition) is 5. The zero-order chi connectivity index (χ0) is 29.0. The molecule has 3 aliphatic rings. The number of rotatable bonds is 7. The Labute approximate surface area is 239 Å². The molecule has 0 aromatic heterocycles. The molecule has 0 saturated carbocycles. The van der Waals surface area contributed by atoms with Crippen molar-refractivity contribution in [2.45, 2.75) is 37.3 Å². The van der Waals surface area contributed by atoms with E-state index >= 15 is 0 Å². The highest BCUT2D eigenvalue weighted by molar-refractivity contribution is 5.85. The van der Waals surface area contributed by atoms with Crippen LogP contribution in [0.1, 0.15) is 42.2 Å². The van der Waals surface area contributed by atoms with Gasteiger partial charge in [-0.2, -0.15) is 13.2 Å². The number of carbonyl (C=O) groups is 2. The molecule has 5 rings (SSSR count). The third kappa shape index (κ3) is 6.70. The number of likely N-dealkylation sites (tertiary alicyclic amines) is 1. The number of nitrogens with one attached hydrogen (secondary N) is 1. The van der Waals surface area contributed by atoms with Crippen LogP contribution in [0.25, 0.3) is 0 Å². The Morgan fingerprint density at radius 1 is 1.00 bits per heavy atom. The molecule has 3 heterocycles. The number of hydrogen-bond donors (Lipinski definition) is 1. The molecule has 3 fully saturated rings. The van der Waals surface area contributed by atoms with E-state index in [1.165, 1.54) is 29.2 Å². The van der Waals surface area contributed by atoms with Gasteiger partial charge < -0.3 is 19.9 Å². The molecule has 222 valence electrons. The van der Waals surface area contributed by atoms with Gasteiger partial charge >= 0.3 is 6.18 Å². The maximum Gasteiger partial charge on any atom is 0.404 e. The van der Waals surface area contributed by atoms with Crippen molar-refractivity contribution in [2.24, 2.45) is 5.41 Å². The highest BCUT2D eigenvalue weighted by Gasteiger charge is 2.51. The molecule has 2 amide bonds. The highest BCUT2D eigenvalue weighted by atomic mass is 19.4. The smallest absolute Gasteiger partial charge is 0.404 e. The van der Waals surface area contributed by atoms with Gasteiger partial charge in [0.1, 0.15) is 12.4 Å². The number of piperazine rings is 1. The topological polar surface area (TPSA) is 65.1 Å². The Kier molecular flexibility index (Phi) is 8.89. The zero-order valence-corrected chi connectivity index (χ0v) is 23.5. The Hall–Kier alpha value is -3.11. The Bertz CT molecular complexity index is 1190. The Morgan fingerprint density at radius 3 is 2.34 bits per heavy atom. The fourth-order valence-corrected chi connectivity index (χ4v) is 6.63. The molecule has 2 atom stereocenters. The van der Waals surface area contributed by atoms with Crippen LogP contribution < -0.4 is 10.1 Å². The lowest BCUT2D eigenvalue weighted by molar-refractivity contribution is -0.173. The van der Waals surface area contributed by atoms with Crippen LogP contribution in [0.3, 0.4) is 0 Å². The maximum absolute atomic E-state index is 14.1. The first kappa shape index (κ1) is 29.4. The predicted molar refractivity (Wildman–Crippen MR) is 150 cm³/mol. The zero-order valence-electron chi connectivity index (χ0n) is 23.5. The highest BCUT2D eigenvalue weighted by Crippen LogP contribution is 2.51. The Balaban J connectivity index is 1.29. The van der Waals surface area contributed by atoms with Gasteiger partial charge in [0.15, 0.2) is 5.92 Å². The van der Waals surface area contributed by atoms with Gasteiger partial charge in [0.2, 0.25) is 11.8 Å². The number of carbonyl (C=O) groups excluding carboxylic acids is 2. The third-order valence-corrected chi connectivity index (χ3v) is 9.09. The van der Waals surface area contributed by atoms with E-state index < -0.39 is 23.4 Å². The van der Waals surface area contributed by atoms with E-state index in [2.05, 4.69) is 22.2 Å². The van der Waals surface area contributed by atoms with Gasteiger partial charge in [-0.15, -0.1) is 0 Å². The molecule has 0 aliphatic carbocycles. The van der Waals surface area contributed by atoms with Gasteiger partial charge in [0.05, 0.1) is 0 Å². The van der Waals surface area contributed by atoms with Crippen LogP contribution >= 0.6 is 0 Å². The number of alkyl halides is 3. The van der Waals surface area contributed by atoms with Gasteiger partial charge in [0.25, 0.3) is 0 Å². The van der Waals surface area contributed by atoms with Crippen LogP contribution in [-0.2, 0) is 9.59 Å². The third-order valence-electron chi connectivity index (χ3n) is 9.09. The van der Waals surface area contributed by atoms with Crippen molar-refractivity contribution in [3.8, 4) is 5.75 Å². The van der Waals surface area contributed by atoms with E-state index in [4.69, 9.17) is 4.74 Å². The fourth-order valence-electron chi connectivity index (χ4n) is 6.63. The molecule has 0 radical (unpaired) electrons. The predicted octanol–water partition coefficient (Wildman–Crippen LogP) is 3.87. The summed E-state index contributed by atoms with van der Waals surface area (Å²) in [5.41, 5.74) is 0.488. The van der Waals surface area contributed by atoms with E-state index in [-0.39, 0.29) is 36.9 Å². The van der Waals surface area contributed by atoms with Crippen molar-refractivity contribution < 1.29 is 27.5 Å². The lowest BCUT2D eigenvalue weighted by Crippen LogP contribution is -2.54. The second-order valence-corrected chi connectivity index (χ2v) is 11.6. The molecule has 2 unspecified atom stereocenters. The lowest BCUT2D eigenvalue weighted by atomic mass is 9.62. The Morgan fingerprint density at radius 2 is 1.66 bits per heavy atom. The molecule has 3 aliphatic heterocycles. The second-order valence-electron chi connectivity index (χ2n) is 11.6. The molecule has 0 bridgehead atoms. The van der Waals surface area contributed by atoms with Gasteiger partial charge in [0, 0.05) is 64.7 Å². The minimum absolute atomic E-state index is 0.0529. The minimum atomic E-state index is -4.69. The maximum atomic E-state index is 14.1. The number of likely N-dealkylation sites (N-methyl/N-ethyl adjacent to an activating group) is 1. The van der Waals surface area contributed by atoms with Crippen molar-refractivity contribution in [3.63, 3.8) is 0 Å². The summed E-state index contributed by atoms with van der Waals surface area (Å²) < 4.78 is 48.5. The van der Waals surface area contributed by atoms with Crippen molar-refractivity contribution in [1.82, 2.24) is 20.0 Å². The number of nitrogens with zero attached hydrogens (tertiary/aromatic N) is 3. The second kappa shape index (κ2) is 12.4. The number of ether oxygens (including phenoxy) is 1. The SMILES string of the molecule is CN1CCN(CCOc2ccccc2C2CNC(=O)CC23CCN(C(=O)C(c2ccccc2)C(F)(F)F)CC3)CC1. The van der Waals surface area contributed by atoms with E-state index in [1.54, 1.807) is 6.07 Å². The molecule has 1 N–H and O–H groups in total. The first-order chi connectivity index (χ1) is 19.7. The van der Waals surface area contributed by atoms with Gasteiger partial charge in [-0.05, 0) is 42.5 Å². The van der Waals surface area contributed by atoms with E-state index in [0.717, 1.165) is 44.0 Å². The van der Waals surface area contributed by atoms with Crippen molar-refractivity contribution >= 4 is 11.8 Å². The van der Waals surface area contributed by atoms with Gasteiger partial charge in [-0.3, -0.25) is 14.5 Å². The summed E-state index contributed by atoms with van der Waals surface area (Å²) in [5.74, 6) is -2.47. The standard InChI is InChI=1S/C31H39F3N4O3/c1-36-15-17-37(18-16-36)19-20-41-26-10-6-5-9-24(26)25-22-35-27(39)21-30(25)11-13-38(14-12-30)29(40)28(31(32,33)34)23-7-3-2-4-8-23/h2-10,25,28H,11-22H2,1H3,(H,35,39). The average Bonchev–Trinajstić information content (AvgIpc) is 2.95. The van der Waals surface area contributed by atoms with Crippen LogP contribution in [-0.4, -0.2) is 98.7 Å². The first-order valence-electron chi connectivity index (χ1n) is 14.5. The summed E-state index contributed by atoms with van der Waals surface area (Å²) in [6.07, 6.45) is -3.52. The number of amides is 2. The van der Waals surface area contributed by atoms with E-state index in [1.807, 2.05) is 24.3 Å². The van der Waals surface area contributed by atoms with Crippen LogP contribution in [0.5, 0.6) is 5.75 Å². The number of piperidine rings is 2. The molecule has 1 spiro atoms. The lowest BCUT2D eigenvalue weighted by Gasteiger charge is -2.49. The summed E-state index contributed by atoms with van der Waals surface area (Å²) in [6.45, 7) is 6.25. The average molecular weight is 573 g/mol. The molecule has 41 heavy (non-hydrogen) atoms. The number of halogens is 3. The van der Waals surface area contributed by atoms with Gasteiger partial charge in [-0.1, -0.05) is 48.5 Å². The largest absolute Gasteiger partial charge is 0.492 e. The molecule has 10 heteroatoms. The fraction of sp³-hybridized carbons (Fsp3) is 0.548.